The lowest BCUT2D eigenvalue weighted by Crippen LogP contribution is -2.39. The van der Waals surface area contributed by atoms with E-state index in [0.29, 0.717) is 5.75 Å². The minimum Gasteiger partial charge on any atom is -0.497 e. The van der Waals surface area contributed by atoms with Crippen molar-refractivity contribution >= 4 is 5.97 Å². The Hall–Kier alpha value is -1.76. The quantitative estimate of drug-likeness (QED) is 0.881. The zero-order chi connectivity index (χ0) is 14.4. The number of rotatable bonds is 3. The number of aliphatic carboxylic acids is 1. The third-order valence-electron chi connectivity index (χ3n) is 3.45. The number of carbonyl (C=O) groups is 1. The number of halogens is 3. The second kappa shape index (κ2) is 4.12. The molecule has 0 heterocycles. The van der Waals surface area contributed by atoms with Crippen molar-refractivity contribution in [1.82, 2.24) is 0 Å². The molecule has 19 heavy (non-hydrogen) atoms. The number of alkyl halides is 3. The molecule has 0 spiro atoms. The van der Waals surface area contributed by atoms with Gasteiger partial charge in [0.25, 0.3) is 0 Å². The molecule has 1 aliphatic rings. The van der Waals surface area contributed by atoms with E-state index < -0.39 is 29.5 Å². The van der Waals surface area contributed by atoms with Crippen LogP contribution in [0.2, 0.25) is 0 Å². The van der Waals surface area contributed by atoms with E-state index in [2.05, 4.69) is 0 Å². The number of hydrogen-bond donors (Lipinski definition) is 2. The average Bonchev–Trinajstić information content (AvgIpc) is 2.98. The minimum atomic E-state index is -4.64. The van der Waals surface area contributed by atoms with Gasteiger partial charge in [-0.15, -0.1) is 0 Å². The summed E-state index contributed by atoms with van der Waals surface area (Å²) in [5.74, 6) is -4.50. The number of carboxylic acids is 1. The Morgan fingerprint density at radius 1 is 1.37 bits per heavy atom. The van der Waals surface area contributed by atoms with Gasteiger partial charge in [-0.1, -0.05) is 12.1 Å². The van der Waals surface area contributed by atoms with Gasteiger partial charge in [0.1, 0.15) is 11.3 Å². The molecule has 0 aliphatic heterocycles. The van der Waals surface area contributed by atoms with Crippen LogP contribution in [-0.2, 0) is 4.79 Å². The molecule has 104 valence electrons. The molecule has 1 saturated carbocycles. The zero-order valence-electron chi connectivity index (χ0n) is 9.94. The summed E-state index contributed by atoms with van der Waals surface area (Å²) in [5, 5.41) is 8.93. The number of methoxy groups -OCH3 is 1. The molecule has 1 fully saturated rings. The van der Waals surface area contributed by atoms with Crippen LogP contribution in [0.1, 0.15) is 11.5 Å². The number of nitrogens with two attached hydrogens (primary N) is 1. The Labute approximate surface area is 107 Å². The first-order valence-electron chi connectivity index (χ1n) is 5.46. The van der Waals surface area contributed by atoms with Crippen LogP contribution in [0, 0.1) is 5.92 Å². The van der Waals surface area contributed by atoms with Crippen molar-refractivity contribution in [3.63, 3.8) is 0 Å². The molecule has 0 unspecified atom stereocenters. The van der Waals surface area contributed by atoms with E-state index in [9.17, 15) is 18.0 Å². The number of carboxylic acid groups (broad SMARTS) is 1. The molecule has 3 atom stereocenters. The van der Waals surface area contributed by atoms with Gasteiger partial charge in [-0.3, -0.25) is 4.79 Å². The summed E-state index contributed by atoms with van der Waals surface area (Å²) in [4.78, 5) is 11.0. The Balaban J connectivity index is 2.35. The predicted octanol–water partition coefficient (Wildman–Crippen LogP) is 1.75. The van der Waals surface area contributed by atoms with Crippen LogP contribution < -0.4 is 10.5 Å². The zero-order valence-corrected chi connectivity index (χ0v) is 9.94. The molecule has 1 aliphatic carbocycles. The van der Waals surface area contributed by atoms with E-state index in [1.807, 2.05) is 0 Å². The molecule has 2 rings (SSSR count). The average molecular weight is 275 g/mol. The summed E-state index contributed by atoms with van der Waals surface area (Å²) in [6.07, 6.45) is -4.64. The van der Waals surface area contributed by atoms with Gasteiger partial charge in [-0.05, 0) is 17.7 Å². The summed E-state index contributed by atoms with van der Waals surface area (Å²) in [5.41, 5.74) is 3.37. The fraction of sp³-hybridized carbons (Fsp3) is 0.417. The molecular weight excluding hydrogens is 263 g/mol. The smallest absolute Gasteiger partial charge is 0.394 e. The standard InChI is InChI=1S/C12H12F3NO3/c1-19-7-4-2-6(3-5-7)8-9(12(13,14)15)11(8,16)10(17)18/h2-5,8-9H,16H2,1H3,(H,17,18)/t8-,9-,11-/m1/s1. The molecule has 1 aromatic rings. The highest BCUT2D eigenvalue weighted by atomic mass is 19.4. The summed E-state index contributed by atoms with van der Waals surface area (Å²) in [7, 11) is 1.43. The van der Waals surface area contributed by atoms with Crippen LogP contribution in [0.15, 0.2) is 24.3 Å². The number of ether oxygens (including phenoxy) is 1. The monoisotopic (exact) mass is 275 g/mol. The lowest BCUT2D eigenvalue weighted by Gasteiger charge is -2.07. The van der Waals surface area contributed by atoms with Crippen LogP contribution in [0.25, 0.3) is 0 Å². The van der Waals surface area contributed by atoms with Crippen LogP contribution in [0.4, 0.5) is 13.2 Å². The van der Waals surface area contributed by atoms with E-state index >= 15 is 0 Å². The van der Waals surface area contributed by atoms with Crippen LogP contribution >= 0.6 is 0 Å². The molecule has 0 aromatic heterocycles. The lowest BCUT2D eigenvalue weighted by molar-refractivity contribution is -0.162. The largest absolute Gasteiger partial charge is 0.497 e. The minimum absolute atomic E-state index is 0.244. The maximum absolute atomic E-state index is 12.8. The Kier molecular flexibility index (Phi) is 2.97. The van der Waals surface area contributed by atoms with Crippen molar-refractivity contribution in [2.24, 2.45) is 11.7 Å². The van der Waals surface area contributed by atoms with Gasteiger partial charge in [-0.2, -0.15) is 13.2 Å². The third kappa shape index (κ3) is 2.03. The summed E-state index contributed by atoms with van der Waals surface area (Å²) in [6.45, 7) is 0. The Bertz CT molecular complexity index is 500. The summed E-state index contributed by atoms with van der Waals surface area (Å²) in [6, 6.07) is 5.76. The highest BCUT2D eigenvalue weighted by Gasteiger charge is 2.77. The van der Waals surface area contributed by atoms with Crippen molar-refractivity contribution in [3.05, 3.63) is 29.8 Å². The van der Waals surface area contributed by atoms with Crippen molar-refractivity contribution in [1.29, 1.82) is 0 Å². The van der Waals surface area contributed by atoms with Gasteiger partial charge in [-0.25, -0.2) is 0 Å². The van der Waals surface area contributed by atoms with Crippen LogP contribution in [-0.4, -0.2) is 29.9 Å². The first-order valence-corrected chi connectivity index (χ1v) is 5.46. The Morgan fingerprint density at radius 2 is 1.89 bits per heavy atom. The molecule has 0 bridgehead atoms. The van der Waals surface area contributed by atoms with E-state index in [1.165, 1.54) is 31.4 Å². The SMILES string of the molecule is COc1ccc([C@@H]2[C@@H](C(F)(F)F)[C@@]2(N)C(=O)O)cc1. The molecule has 4 nitrogen and oxygen atoms in total. The number of benzene rings is 1. The molecular formula is C12H12F3NO3. The predicted molar refractivity (Wildman–Crippen MR) is 59.8 cm³/mol. The van der Waals surface area contributed by atoms with Gasteiger partial charge in [0.05, 0.1) is 13.0 Å². The summed E-state index contributed by atoms with van der Waals surface area (Å²) < 4.78 is 43.3. The lowest BCUT2D eigenvalue weighted by atomic mass is 10.1. The van der Waals surface area contributed by atoms with E-state index in [0.717, 1.165) is 0 Å². The van der Waals surface area contributed by atoms with Gasteiger partial charge in [0, 0.05) is 5.92 Å². The van der Waals surface area contributed by atoms with Gasteiger partial charge in [0.15, 0.2) is 0 Å². The van der Waals surface area contributed by atoms with Crippen molar-refractivity contribution in [2.45, 2.75) is 17.6 Å². The second-order valence-electron chi connectivity index (χ2n) is 4.51. The number of hydrogen-bond acceptors (Lipinski definition) is 3. The van der Waals surface area contributed by atoms with Gasteiger partial charge >= 0.3 is 12.1 Å². The van der Waals surface area contributed by atoms with E-state index in [4.69, 9.17) is 15.6 Å². The molecule has 0 amide bonds. The van der Waals surface area contributed by atoms with Crippen LogP contribution in [0.3, 0.4) is 0 Å². The highest BCUT2D eigenvalue weighted by molar-refractivity contribution is 5.86. The first-order chi connectivity index (χ1) is 8.72. The Morgan fingerprint density at radius 3 is 2.21 bits per heavy atom. The maximum Gasteiger partial charge on any atom is 0.394 e. The first kappa shape index (κ1) is 13.7. The van der Waals surface area contributed by atoms with E-state index in [1.54, 1.807) is 0 Å². The normalized spacial score (nSPS) is 29.9. The van der Waals surface area contributed by atoms with Crippen LogP contribution in [0.5, 0.6) is 5.75 Å². The fourth-order valence-electron chi connectivity index (χ4n) is 2.41. The summed E-state index contributed by atoms with van der Waals surface area (Å²) >= 11 is 0. The topological polar surface area (TPSA) is 72.5 Å². The third-order valence-corrected chi connectivity index (χ3v) is 3.45. The fourth-order valence-corrected chi connectivity index (χ4v) is 2.41. The molecule has 1 aromatic carbocycles. The highest BCUT2D eigenvalue weighted by Crippen LogP contribution is 2.62. The molecule has 7 heteroatoms. The van der Waals surface area contributed by atoms with Crippen molar-refractivity contribution in [2.75, 3.05) is 7.11 Å². The van der Waals surface area contributed by atoms with Crippen molar-refractivity contribution < 1.29 is 27.8 Å². The van der Waals surface area contributed by atoms with Gasteiger partial charge < -0.3 is 15.6 Å². The van der Waals surface area contributed by atoms with Crippen molar-refractivity contribution in [3.8, 4) is 5.75 Å². The van der Waals surface area contributed by atoms with E-state index in [-0.39, 0.29) is 5.56 Å². The molecule has 3 N–H and O–H groups in total. The second-order valence-corrected chi connectivity index (χ2v) is 4.51. The molecule has 0 radical (unpaired) electrons. The maximum atomic E-state index is 12.8. The van der Waals surface area contributed by atoms with Gasteiger partial charge in [0.2, 0.25) is 0 Å². The molecule has 0 saturated heterocycles.